The lowest BCUT2D eigenvalue weighted by Gasteiger charge is -2.04. The van der Waals surface area contributed by atoms with E-state index in [9.17, 15) is 9.59 Å². The van der Waals surface area contributed by atoms with Gasteiger partial charge in [-0.1, -0.05) is 0 Å². The Morgan fingerprint density at radius 2 is 1.92 bits per heavy atom. The molecule has 0 rings (SSSR count). The topological polar surface area (TPSA) is 93.1 Å². The maximum absolute atomic E-state index is 10.5. The minimum Gasteiger partial charge on any atom is -0.466 e. The molecule has 0 saturated carbocycles. The Hall–Kier alpha value is -1.14. The van der Waals surface area contributed by atoms with Crippen molar-refractivity contribution in [1.82, 2.24) is 0 Å². The van der Waals surface area contributed by atoms with Gasteiger partial charge in [-0.3, -0.25) is 9.59 Å². The average molecular weight is 178 g/mol. The molecule has 6 nitrogen and oxygen atoms in total. The van der Waals surface area contributed by atoms with Gasteiger partial charge in [-0.2, -0.15) is 0 Å². The number of carbonyl (C=O) groups is 2. The van der Waals surface area contributed by atoms with Crippen molar-refractivity contribution in [3.63, 3.8) is 0 Å². The highest BCUT2D eigenvalue weighted by molar-refractivity contribution is 5.91. The van der Waals surface area contributed by atoms with Crippen molar-refractivity contribution in [2.75, 3.05) is 6.61 Å². The lowest BCUT2D eigenvalue weighted by molar-refractivity contribution is -0.229. The first-order chi connectivity index (χ1) is 5.56. The third-order valence-corrected chi connectivity index (χ3v) is 0.831. The lowest BCUT2D eigenvalue weighted by Crippen LogP contribution is -2.20. The maximum Gasteiger partial charge on any atom is 0.321 e. The number of esters is 2. The fourth-order valence-corrected chi connectivity index (χ4v) is 0.489. The summed E-state index contributed by atoms with van der Waals surface area (Å²) in [5, 5.41) is 16.3. The fraction of sp³-hybridized carbons (Fsp3) is 0.667. The predicted molar refractivity (Wildman–Crippen MR) is 35.6 cm³/mol. The standard InChI is InChI=1S/C6H10O6/c1-2-11-4(7)3-5(8)12-6(9)10/h6,9-10H,2-3H2,1H3. The monoisotopic (exact) mass is 178 g/mol. The number of ether oxygens (including phenoxy) is 2. The van der Waals surface area contributed by atoms with Crippen LogP contribution in [0.1, 0.15) is 13.3 Å². The smallest absolute Gasteiger partial charge is 0.321 e. The Morgan fingerprint density at radius 1 is 1.33 bits per heavy atom. The fourth-order valence-electron chi connectivity index (χ4n) is 0.489. The molecule has 0 aliphatic rings. The summed E-state index contributed by atoms with van der Waals surface area (Å²) >= 11 is 0. The summed E-state index contributed by atoms with van der Waals surface area (Å²) in [7, 11) is 0. The quantitative estimate of drug-likeness (QED) is 0.317. The molecular formula is C6H10O6. The molecule has 0 heterocycles. The molecule has 0 unspecified atom stereocenters. The molecule has 0 amide bonds. The van der Waals surface area contributed by atoms with E-state index < -0.39 is 24.8 Å². The van der Waals surface area contributed by atoms with Gasteiger partial charge < -0.3 is 19.7 Å². The molecule has 0 aromatic heterocycles. The van der Waals surface area contributed by atoms with Gasteiger partial charge in [0.25, 0.3) is 0 Å². The van der Waals surface area contributed by atoms with Crippen LogP contribution in [0.2, 0.25) is 0 Å². The van der Waals surface area contributed by atoms with Gasteiger partial charge in [0.2, 0.25) is 0 Å². The molecule has 0 aliphatic heterocycles. The molecule has 0 spiro atoms. The molecular weight excluding hydrogens is 168 g/mol. The molecule has 2 N–H and O–H groups in total. The highest BCUT2D eigenvalue weighted by atomic mass is 16.7. The molecule has 0 atom stereocenters. The highest BCUT2D eigenvalue weighted by Crippen LogP contribution is 1.92. The summed E-state index contributed by atoms with van der Waals surface area (Å²) in [5.41, 5.74) is 0. The van der Waals surface area contributed by atoms with E-state index in [1.807, 2.05) is 0 Å². The van der Waals surface area contributed by atoms with Crippen LogP contribution < -0.4 is 0 Å². The molecule has 0 saturated heterocycles. The summed E-state index contributed by atoms with van der Waals surface area (Å²) in [6.07, 6.45) is -0.620. The second-order valence-electron chi connectivity index (χ2n) is 1.80. The third kappa shape index (κ3) is 5.63. The zero-order valence-corrected chi connectivity index (χ0v) is 6.52. The van der Waals surface area contributed by atoms with E-state index >= 15 is 0 Å². The van der Waals surface area contributed by atoms with E-state index in [-0.39, 0.29) is 6.61 Å². The van der Waals surface area contributed by atoms with E-state index in [2.05, 4.69) is 9.47 Å². The third-order valence-electron chi connectivity index (χ3n) is 0.831. The summed E-state index contributed by atoms with van der Waals surface area (Å²) in [6, 6.07) is 0. The summed E-state index contributed by atoms with van der Waals surface area (Å²) in [4.78, 5) is 21.0. The number of hydrogen-bond donors (Lipinski definition) is 2. The summed E-state index contributed by atoms with van der Waals surface area (Å²) in [6.45, 7) is -0.440. The largest absolute Gasteiger partial charge is 0.466 e. The van der Waals surface area contributed by atoms with E-state index in [4.69, 9.17) is 10.2 Å². The van der Waals surface area contributed by atoms with Crippen LogP contribution in [0.5, 0.6) is 0 Å². The van der Waals surface area contributed by atoms with Crippen LogP contribution >= 0.6 is 0 Å². The zero-order chi connectivity index (χ0) is 9.56. The number of carbonyl (C=O) groups excluding carboxylic acids is 2. The molecule has 0 radical (unpaired) electrons. The molecule has 0 fully saturated rings. The molecule has 0 aliphatic carbocycles. The Bertz CT molecular complexity index is 163. The van der Waals surface area contributed by atoms with E-state index in [0.29, 0.717) is 0 Å². The summed E-state index contributed by atoms with van der Waals surface area (Å²) < 4.78 is 8.23. The Balaban J connectivity index is 3.62. The van der Waals surface area contributed by atoms with Gasteiger partial charge in [-0.15, -0.1) is 0 Å². The van der Waals surface area contributed by atoms with Gasteiger partial charge >= 0.3 is 18.4 Å². The molecule has 0 aromatic rings. The first kappa shape index (κ1) is 10.9. The van der Waals surface area contributed by atoms with Gasteiger partial charge in [0, 0.05) is 0 Å². The first-order valence-corrected chi connectivity index (χ1v) is 3.27. The zero-order valence-electron chi connectivity index (χ0n) is 6.52. The molecule has 70 valence electrons. The Kier molecular flexibility index (Phi) is 4.98. The minimum absolute atomic E-state index is 0.161. The Labute approximate surface area is 68.7 Å². The minimum atomic E-state index is -2.19. The molecule has 0 aromatic carbocycles. The van der Waals surface area contributed by atoms with Crippen molar-refractivity contribution in [2.24, 2.45) is 0 Å². The van der Waals surface area contributed by atoms with Crippen LogP contribution in [-0.2, 0) is 19.1 Å². The van der Waals surface area contributed by atoms with Crippen molar-refractivity contribution in [3.8, 4) is 0 Å². The predicted octanol–water partition coefficient (Wildman–Crippen LogP) is -1.25. The van der Waals surface area contributed by atoms with Crippen LogP contribution in [0, 0.1) is 0 Å². The highest BCUT2D eigenvalue weighted by Gasteiger charge is 2.13. The van der Waals surface area contributed by atoms with Crippen LogP contribution in [0.3, 0.4) is 0 Å². The normalized spacial score (nSPS) is 9.67. The molecule has 0 bridgehead atoms. The number of hydrogen-bond acceptors (Lipinski definition) is 6. The van der Waals surface area contributed by atoms with Crippen molar-refractivity contribution in [3.05, 3.63) is 0 Å². The average Bonchev–Trinajstić information content (AvgIpc) is 1.84. The molecule has 12 heavy (non-hydrogen) atoms. The van der Waals surface area contributed by atoms with Crippen molar-refractivity contribution < 1.29 is 29.3 Å². The van der Waals surface area contributed by atoms with Crippen LogP contribution in [0.25, 0.3) is 0 Å². The van der Waals surface area contributed by atoms with Gasteiger partial charge in [0.1, 0.15) is 6.42 Å². The van der Waals surface area contributed by atoms with Crippen LogP contribution in [-0.4, -0.2) is 35.2 Å². The Morgan fingerprint density at radius 3 is 2.33 bits per heavy atom. The van der Waals surface area contributed by atoms with E-state index in [1.54, 1.807) is 6.92 Å². The van der Waals surface area contributed by atoms with Crippen molar-refractivity contribution >= 4 is 11.9 Å². The van der Waals surface area contributed by atoms with Gasteiger partial charge in [0.05, 0.1) is 6.61 Å². The maximum atomic E-state index is 10.5. The SMILES string of the molecule is CCOC(=O)CC(=O)OC(O)O. The second-order valence-corrected chi connectivity index (χ2v) is 1.80. The number of rotatable bonds is 4. The van der Waals surface area contributed by atoms with E-state index in [1.165, 1.54) is 0 Å². The lowest BCUT2D eigenvalue weighted by atomic mass is 10.4. The van der Waals surface area contributed by atoms with Crippen LogP contribution in [0.4, 0.5) is 0 Å². The van der Waals surface area contributed by atoms with Gasteiger partial charge in [-0.25, -0.2) is 0 Å². The number of aliphatic hydroxyl groups excluding tert-OH is 1. The number of aliphatic hydroxyl groups is 2. The van der Waals surface area contributed by atoms with Crippen molar-refractivity contribution in [2.45, 2.75) is 19.8 Å². The second kappa shape index (κ2) is 5.50. The van der Waals surface area contributed by atoms with E-state index in [0.717, 1.165) is 0 Å². The summed E-state index contributed by atoms with van der Waals surface area (Å²) in [5.74, 6) is -1.80. The van der Waals surface area contributed by atoms with Gasteiger partial charge in [-0.05, 0) is 6.92 Å². The first-order valence-electron chi connectivity index (χ1n) is 3.27. The van der Waals surface area contributed by atoms with Gasteiger partial charge in [0.15, 0.2) is 0 Å². The molecule has 6 heteroatoms. The van der Waals surface area contributed by atoms with Crippen molar-refractivity contribution in [1.29, 1.82) is 0 Å². The van der Waals surface area contributed by atoms with Crippen LogP contribution in [0.15, 0.2) is 0 Å².